The third-order valence-corrected chi connectivity index (χ3v) is 5.45. The molecule has 7 heteroatoms. The monoisotopic (exact) mass is 488 g/mol. The maximum Gasteiger partial charge on any atom is 0.416 e. The van der Waals surface area contributed by atoms with Gasteiger partial charge < -0.3 is 4.74 Å². The van der Waals surface area contributed by atoms with Gasteiger partial charge in [-0.05, 0) is 47.0 Å². The number of nitrogens with one attached hydrogen (secondary N) is 2. The van der Waals surface area contributed by atoms with E-state index in [4.69, 9.17) is 4.74 Å². The molecule has 0 saturated carbocycles. The number of alkyl halides is 3. The van der Waals surface area contributed by atoms with Crippen LogP contribution < -0.4 is 15.6 Å². The van der Waals surface area contributed by atoms with Crippen LogP contribution in [0.4, 0.5) is 13.2 Å². The molecule has 0 aromatic heterocycles. The molecule has 36 heavy (non-hydrogen) atoms. The molecule has 0 aliphatic carbocycles. The summed E-state index contributed by atoms with van der Waals surface area (Å²) in [6.45, 7) is 4.02. The predicted molar refractivity (Wildman–Crippen MR) is 134 cm³/mol. The van der Waals surface area contributed by atoms with Crippen LogP contribution in [0.25, 0.3) is 16.8 Å². The number of hydrogen-bond acceptors (Lipinski definition) is 3. The number of halogens is 3. The van der Waals surface area contributed by atoms with E-state index in [0.29, 0.717) is 12.2 Å². The first-order valence-corrected chi connectivity index (χ1v) is 11.1. The molecule has 0 unspecified atom stereocenters. The molecule has 0 atom stereocenters. The van der Waals surface area contributed by atoms with Gasteiger partial charge in [-0.3, -0.25) is 15.6 Å². The van der Waals surface area contributed by atoms with Crippen LogP contribution in [0.2, 0.25) is 0 Å². The van der Waals surface area contributed by atoms with Crippen molar-refractivity contribution in [3.63, 3.8) is 0 Å². The normalized spacial score (nSPS) is 11.0. The van der Waals surface area contributed by atoms with Crippen LogP contribution in [0.15, 0.2) is 110 Å². The Hall–Kier alpha value is -4.52. The van der Waals surface area contributed by atoms with Crippen LogP contribution in [0.1, 0.15) is 27.0 Å². The minimum atomic E-state index is -4.46. The largest absolute Gasteiger partial charge is 0.488 e. The molecule has 0 saturated heterocycles. The van der Waals surface area contributed by atoms with Crippen LogP contribution in [0, 0.1) is 0 Å². The zero-order valence-electron chi connectivity index (χ0n) is 19.2. The topological polar surface area (TPSA) is 50.4 Å². The molecule has 4 aromatic carbocycles. The molecular weight excluding hydrogens is 465 g/mol. The van der Waals surface area contributed by atoms with E-state index in [9.17, 15) is 18.0 Å². The smallest absolute Gasteiger partial charge is 0.416 e. The van der Waals surface area contributed by atoms with E-state index in [-0.39, 0.29) is 11.3 Å². The van der Waals surface area contributed by atoms with Gasteiger partial charge >= 0.3 is 6.18 Å². The summed E-state index contributed by atoms with van der Waals surface area (Å²) >= 11 is 0. The van der Waals surface area contributed by atoms with Crippen LogP contribution in [-0.2, 0) is 12.8 Å². The number of benzene rings is 4. The number of carbonyl (C=O) groups is 1. The van der Waals surface area contributed by atoms with E-state index in [1.807, 2.05) is 54.6 Å². The lowest BCUT2D eigenvalue weighted by Crippen LogP contribution is -2.35. The number of rotatable bonds is 8. The lowest BCUT2D eigenvalue weighted by Gasteiger charge is -2.14. The van der Waals surface area contributed by atoms with Gasteiger partial charge in [0.2, 0.25) is 0 Å². The molecule has 0 aliphatic rings. The van der Waals surface area contributed by atoms with Gasteiger partial charge in [0.25, 0.3) is 5.91 Å². The molecule has 2 N–H and O–H groups in total. The molecule has 182 valence electrons. The summed E-state index contributed by atoms with van der Waals surface area (Å²) < 4.78 is 44.8. The van der Waals surface area contributed by atoms with Crippen molar-refractivity contribution in [1.29, 1.82) is 0 Å². The second kappa shape index (κ2) is 10.8. The van der Waals surface area contributed by atoms with Gasteiger partial charge in [-0.2, -0.15) is 13.2 Å². The fraction of sp³-hybridized carbons (Fsp3) is 0.0690. The Morgan fingerprint density at radius 2 is 1.47 bits per heavy atom. The Morgan fingerprint density at radius 3 is 2.19 bits per heavy atom. The predicted octanol–water partition coefficient (Wildman–Crippen LogP) is 6.86. The standard InChI is InChI=1S/C29H23F3N2O2/c1-20(24-10-7-11-25(18-24)29(30,31)32)33-34-28(35)23-16-14-21(15-17-23)19-36-27-13-6-5-12-26(27)22-8-3-2-4-9-22/h2-18,33H,1,19H2,(H,34,35). The first kappa shape index (κ1) is 24.6. The molecule has 0 aliphatic heterocycles. The molecule has 4 nitrogen and oxygen atoms in total. The third kappa shape index (κ3) is 6.13. The molecular formula is C29H23F3N2O2. The highest BCUT2D eigenvalue weighted by Crippen LogP contribution is 2.31. The van der Waals surface area contributed by atoms with Gasteiger partial charge in [-0.15, -0.1) is 0 Å². The van der Waals surface area contributed by atoms with Gasteiger partial charge in [0.05, 0.1) is 11.3 Å². The average molecular weight is 489 g/mol. The summed E-state index contributed by atoms with van der Waals surface area (Å²) in [5, 5.41) is 0. The Bertz CT molecular complexity index is 1350. The zero-order chi connectivity index (χ0) is 25.5. The summed E-state index contributed by atoms with van der Waals surface area (Å²) in [5.74, 6) is 0.299. The van der Waals surface area contributed by atoms with Crippen LogP contribution in [0.3, 0.4) is 0 Å². The highest BCUT2D eigenvalue weighted by atomic mass is 19.4. The summed E-state index contributed by atoms with van der Waals surface area (Å²) in [6, 6.07) is 29.3. The van der Waals surface area contributed by atoms with Gasteiger partial charge in [0.1, 0.15) is 12.4 Å². The Morgan fingerprint density at radius 1 is 0.778 bits per heavy atom. The first-order chi connectivity index (χ1) is 17.3. The fourth-order valence-corrected chi connectivity index (χ4v) is 3.52. The molecule has 1 amide bonds. The van der Waals surface area contributed by atoms with E-state index >= 15 is 0 Å². The molecule has 4 rings (SSSR count). The van der Waals surface area contributed by atoms with Crippen molar-refractivity contribution < 1.29 is 22.7 Å². The van der Waals surface area contributed by atoms with Crippen molar-refractivity contribution in [3.05, 3.63) is 132 Å². The minimum absolute atomic E-state index is 0.136. The maximum atomic E-state index is 12.9. The number of para-hydroxylation sites is 1. The van der Waals surface area contributed by atoms with E-state index < -0.39 is 17.6 Å². The van der Waals surface area contributed by atoms with Crippen molar-refractivity contribution in [2.45, 2.75) is 12.8 Å². The van der Waals surface area contributed by atoms with Crippen molar-refractivity contribution in [2.24, 2.45) is 0 Å². The van der Waals surface area contributed by atoms with E-state index in [1.165, 1.54) is 12.1 Å². The van der Waals surface area contributed by atoms with Crippen molar-refractivity contribution >= 4 is 11.6 Å². The number of hydrogen-bond donors (Lipinski definition) is 2. The Labute approximate surface area is 207 Å². The van der Waals surface area contributed by atoms with Gasteiger partial charge in [0, 0.05) is 11.1 Å². The van der Waals surface area contributed by atoms with Crippen LogP contribution in [0.5, 0.6) is 5.75 Å². The quantitative estimate of drug-likeness (QED) is 0.267. The van der Waals surface area contributed by atoms with Crippen molar-refractivity contribution in [3.8, 4) is 16.9 Å². The van der Waals surface area contributed by atoms with Gasteiger partial charge in [-0.1, -0.05) is 79.4 Å². The summed E-state index contributed by atoms with van der Waals surface area (Å²) in [6.07, 6.45) is -4.46. The highest BCUT2D eigenvalue weighted by Gasteiger charge is 2.30. The number of hydrazine groups is 1. The van der Waals surface area contributed by atoms with Crippen molar-refractivity contribution in [2.75, 3.05) is 0 Å². The number of carbonyl (C=O) groups excluding carboxylic acids is 1. The Kier molecular flexibility index (Phi) is 7.39. The molecule has 4 aromatic rings. The molecule has 0 fully saturated rings. The number of ether oxygens (including phenoxy) is 1. The second-order valence-electron chi connectivity index (χ2n) is 7.98. The molecule has 0 heterocycles. The summed E-state index contributed by atoms with van der Waals surface area (Å²) in [7, 11) is 0. The van der Waals surface area contributed by atoms with Gasteiger partial charge in [0.15, 0.2) is 0 Å². The van der Waals surface area contributed by atoms with E-state index in [2.05, 4.69) is 17.4 Å². The summed E-state index contributed by atoms with van der Waals surface area (Å²) in [5.41, 5.74) is 7.87. The molecule has 0 radical (unpaired) electrons. The zero-order valence-corrected chi connectivity index (χ0v) is 19.2. The van der Waals surface area contributed by atoms with E-state index in [1.54, 1.807) is 24.3 Å². The average Bonchev–Trinajstić information content (AvgIpc) is 2.91. The summed E-state index contributed by atoms with van der Waals surface area (Å²) in [4.78, 5) is 12.5. The van der Waals surface area contributed by atoms with Crippen molar-refractivity contribution in [1.82, 2.24) is 10.9 Å². The maximum absolute atomic E-state index is 12.9. The third-order valence-electron chi connectivity index (χ3n) is 5.45. The Balaban J connectivity index is 1.34. The van der Waals surface area contributed by atoms with Gasteiger partial charge in [-0.25, -0.2) is 0 Å². The first-order valence-electron chi connectivity index (χ1n) is 11.1. The minimum Gasteiger partial charge on any atom is -0.488 e. The van der Waals surface area contributed by atoms with Crippen LogP contribution >= 0.6 is 0 Å². The number of amides is 1. The molecule has 0 bridgehead atoms. The highest BCUT2D eigenvalue weighted by molar-refractivity contribution is 5.94. The second-order valence-corrected chi connectivity index (χ2v) is 7.98. The van der Waals surface area contributed by atoms with Crippen LogP contribution in [-0.4, -0.2) is 5.91 Å². The lowest BCUT2D eigenvalue weighted by molar-refractivity contribution is -0.137. The van der Waals surface area contributed by atoms with E-state index in [0.717, 1.165) is 34.6 Å². The lowest BCUT2D eigenvalue weighted by atomic mass is 10.0. The SMILES string of the molecule is C=C(NNC(=O)c1ccc(COc2ccccc2-c2ccccc2)cc1)c1cccc(C(F)(F)F)c1. The fourth-order valence-electron chi connectivity index (χ4n) is 3.52. The molecule has 0 spiro atoms.